The van der Waals surface area contributed by atoms with Crippen molar-refractivity contribution in [3.05, 3.63) is 35.4 Å². The Kier molecular flexibility index (Phi) is 5.53. The molecule has 0 heterocycles. The highest BCUT2D eigenvalue weighted by Gasteiger charge is 2.07. The average molecular weight is 223 g/mol. The second-order valence-corrected chi connectivity index (χ2v) is 3.34. The highest BCUT2D eigenvalue weighted by atomic mass is 16.5. The van der Waals surface area contributed by atoms with E-state index in [4.69, 9.17) is 9.84 Å². The Morgan fingerprint density at radius 1 is 1.44 bits per heavy atom. The fraction of sp³-hybridized carbons (Fsp3) is 0.417. The van der Waals surface area contributed by atoms with Crippen LogP contribution in [0.15, 0.2) is 24.3 Å². The van der Waals surface area contributed by atoms with Crippen LogP contribution in [0.3, 0.4) is 0 Å². The molecule has 0 fully saturated rings. The molecule has 1 aromatic rings. The highest BCUT2D eigenvalue weighted by Crippen LogP contribution is 2.07. The van der Waals surface area contributed by atoms with E-state index in [2.05, 4.69) is 5.32 Å². The van der Waals surface area contributed by atoms with Gasteiger partial charge in [0.15, 0.2) is 0 Å². The van der Waals surface area contributed by atoms with Crippen molar-refractivity contribution in [2.24, 2.45) is 0 Å². The molecule has 1 rings (SSSR count). The predicted molar refractivity (Wildman–Crippen MR) is 61.6 cm³/mol. The third-order valence-electron chi connectivity index (χ3n) is 2.19. The van der Waals surface area contributed by atoms with E-state index in [0.29, 0.717) is 25.3 Å². The minimum absolute atomic E-state index is 0.353. The zero-order valence-electron chi connectivity index (χ0n) is 9.40. The first-order valence-corrected chi connectivity index (χ1v) is 5.35. The number of hydrogen-bond donors (Lipinski definition) is 2. The zero-order chi connectivity index (χ0) is 11.8. The predicted octanol–water partition coefficient (Wildman–Crippen LogP) is 1.51. The summed E-state index contributed by atoms with van der Waals surface area (Å²) in [4.78, 5) is 10.9. The highest BCUT2D eigenvalue weighted by molar-refractivity contribution is 5.89. The summed E-state index contributed by atoms with van der Waals surface area (Å²) in [5.74, 6) is -0.887. The molecule has 0 radical (unpaired) electrons. The van der Waals surface area contributed by atoms with Crippen LogP contribution < -0.4 is 5.32 Å². The van der Waals surface area contributed by atoms with E-state index in [1.54, 1.807) is 12.1 Å². The average Bonchev–Trinajstić information content (AvgIpc) is 2.29. The number of rotatable bonds is 7. The molecular weight excluding hydrogens is 206 g/mol. The maximum Gasteiger partial charge on any atom is 0.336 e. The Bertz CT molecular complexity index is 339. The van der Waals surface area contributed by atoms with Crippen LogP contribution >= 0.6 is 0 Å². The molecule has 0 bridgehead atoms. The molecule has 0 aliphatic rings. The Balaban J connectivity index is 2.44. The second kappa shape index (κ2) is 6.98. The fourth-order valence-corrected chi connectivity index (χ4v) is 1.39. The van der Waals surface area contributed by atoms with Crippen molar-refractivity contribution in [3.8, 4) is 0 Å². The summed E-state index contributed by atoms with van der Waals surface area (Å²) < 4.78 is 5.17. The molecule has 0 aliphatic carbocycles. The van der Waals surface area contributed by atoms with E-state index in [0.717, 1.165) is 12.1 Å². The van der Waals surface area contributed by atoms with E-state index in [9.17, 15) is 4.79 Å². The van der Waals surface area contributed by atoms with Crippen LogP contribution in [0.25, 0.3) is 0 Å². The van der Waals surface area contributed by atoms with Gasteiger partial charge in [-0.15, -0.1) is 0 Å². The summed E-state index contributed by atoms with van der Waals surface area (Å²) in [7, 11) is 0. The summed E-state index contributed by atoms with van der Waals surface area (Å²) in [6.07, 6.45) is 0. The SMILES string of the molecule is CCOCCNCc1ccccc1C(=O)O. The molecule has 0 unspecified atom stereocenters. The van der Waals surface area contributed by atoms with E-state index in [-0.39, 0.29) is 0 Å². The van der Waals surface area contributed by atoms with Crippen LogP contribution in [0.1, 0.15) is 22.8 Å². The van der Waals surface area contributed by atoms with Crippen molar-refractivity contribution >= 4 is 5.97 Å². The molecule has 1 aromatic carbocycles. The molecule has 16 heavy (non-hydrogen) atoms. The lowest BCUT2D eigenvalue weighted by Gasteiger charge is -2.07. The van der Waals surface area contributed by atoms with Gasteiger partial charge in [0, 0.05) is 19.7 Å². The minimum atomic E-state index is -0.887. The summed E-state index contributed by atoms with van der Waals surface area (Å²) in [5, 5.41) is 12.1. The molecule has 0 aliphatic heterocycles. The normalized spacial score (nSPS) is 10.3. The van der Waals surface area contributed by atoms with Gasteiger partial charge in [0.1, 0.15) is 0 Å². The lowest BCUT2D eigenvalue weighted by atomic mass is 10.1. The number of aromatic carboxylic acids is 1. The van der Waals surface area contributed by atoms with Crippen LogP contribution in [0.4, 0.5) is 0 Å². The first-order valence-electron chi connectivity index (χ1n) is 5.35. The van der Waals surface area contributed by atoms with Crippen LogP contribution in [-0.4, -0.2) is 30.8 Å². The van der Waals surface area contributed by atoms with Crippen LogP contribution in [0.2, 0.25) is 0 Å². The lowest BCUT2D eigenvalue weighted by Crippen LogP contribution is -2.20. The monoisotopic (exact) mass is 223 g/mol. The Hall–Kier alpha value is -1.39. The Labute approximate surface area is 95.2 Å². The topological polar surface area (TPSA) is 58.6 Å². The lowest BCUT2D eigenvalue weighted by molar-refractivity contribution is 0.0695. The standard InChI is InChI=1S/C12H17NO3/c1-2-16-8-7-13-9-10-5-3-4-6-11(10)12(14)15/h3-6,13H,2,7-9H2,1H3,(H,14,15). The van der Waals surface area contributed by atoms with Gasteiger partial charge < -0.3 is 15.2 Å². The zero-order valence-corrected chi connectivity index (χ0v) is 9.40. The molecule has 0 amide bonds. The van der Waals surface area contributed by atoms with E-state index < -0.39 is 5.97 Å². The number of nitrogens with one attached hydrogen (secondary N) is 1. The van der Waals surface area contributed by atoms with Crippen molar-refractivity contribution in [1.29, 1.82) is 0 Å². The largest absolute Gasteiger partial charge is 0.478 e. The van der Waals surface area contributed by atoms with Gasteiger partial charge in [0.2, 0.25) is 0 Å². The maximum atomic E-state index is 10.9. The molecule has 2 N–H and O–H groups in total. The number of hydrogen-bond acceptors (Lipinski definition) is 3. The summed E-state index contributed by atoms with van der Waals surface area (Å²) in [6.45, 7) is 4.57. The van der Waals surface area contributed by atoms with Crippen molar-refractivity contribution in [2.75, 3.05) is 19.8 Å². The molecule has 0 spiro atoms. The summed E-state index contributed by atoms with van der Waals surface area (Å²) >= 11 is 0. The first kappa shape index (κ1) is 12.7. The van der Waals surface area contributed by atoms with Gasteiger partial charge in [0.05, 0.1) is 12.2 Å². The molecule has 0 atom stereocenters. The Morgan fingerprint density at radius 2 is 2.19 bits per heavy atom. The van der Waals surface area contributed by atoms with Crippen molar-refractivity contribution in [2.45, 2.75) is 13.5 Å². The minimum Gasteiger partial charge on any atom is -0.478 e. The van der Waals surface area contributed by atoms with E-state index in [1.807, 2.05) is 19.1 Å². The maximum absolute atomic E-state index is 10.9. The van der Waals surface area contributed by atoms with E-state index in [1.165, 1.54) is 0 Å². The first-order chi connectivity index (χ1) is 7.75. The molecule has 0 saturated carbocycles. The van der Waals surface area contributed by atoms with Crippen molar-refractivity contribution in [1.82, 2.24) is 5.32 Å². The van der Waals surface area contributed by atoms with Crippen molar-refractivity contribution < 1.29 is 14.6 Å². The number of carbonyl (C=O) groups is 1. The third kappa shape index (κ3) is 4.00. The molecule has 0 saturated heterocycles. The molecular formula is C12H17NO3. The number of benzene rings is 1. The van der Waals surface area contributed by atoms with Gasteiger partial charge >= 0.3 is 5.97 Å². The molecule has 0 aromatic heterocycles. The van der Waals surface area contributed by atoms with Crippen molar-refractivity contribution in [3.63, 3.8) is 0 Å². The molecule has 4 heteroatoms. The van der Waals surface area contributed by atoms with Gasteiger partial charge in [-0.05, 0) is 18.6 Å². The number of carboxylic acid groups (broad SMARTS) is 1. The fourth-order valence-electron chi connectivity index (χ4n) is 1.39. The summed E-state index contributed by atoms with van der Waals surface area (Å²) in [6, 6.07) is 7.00. The van der Waals surface area contributed by atoms with Crippen LogP contribution in [0.5, 0.6) is 0 Å². The Morgan fingerprint density at radius 3 is 2.88 bits per heavy atom. The third-order valence-corrected chi connectivity index (χ3v) is 2.19. The number of ether oxygens (including phenoxy) is 1. The summed E-state index contributed by atoms with van der Waals surface area (Å²) in [5.41, 5.74) is 1.15. The number of carboxylic acids is 1. The van der Waals surface area contributed by atoms with Crippen LogP contribution in [0, 0.1) is 0 Å². The van der Waals surface area contributed by atoms with Gasteiger partial charge in [-0.1, -0.05) is 18.2 Å². The van der Waals surface area contributed by atoms with Crippen LogP contribution in [-0.2, 0) is 11.3 Å². The van der Waals surface area contributed by atoms with Gasteiger partial charge in [-0.25, -0.2) is 4.79 Å². The van der Waals surface area contributed by atoms with Gasteiger partial charge in [-0.2, -0.15) is 0 Å². The van der Waals surface area contributed by atoms with Gasteiger partial charge in [-0.3, -0.25) is 0 Å². The molecule has 4 nitrogen and oxygen atoms in total. The molecule has 88 valence electrons. The van der Waals surface area contributed by atoms with Gasteiger partial charge in [0.25, 0.3) is 0 Å². The smallest absolute Gasteiger partial charge is 0.336 e. The quantitative estimate of drug-likeness (QED) is 0.688. The second-order valence-electron chi connectivity index (χ2n) is 3.34. The van der Waals surface area contributed by atoms with E-state index >= 15 is 0 Å².